The van der Waals surface area contributed by atoms with Crippen LogP contribution in [0.4, 0.5) is 0 Å². The van der Waals surface area contributed by atoms with Crippen LogP contribution < -0.4 is 5.32 Å². The van der Waals surface area contributed by atoms with Gasteiger partial charge in [0.2, 0.25) is 0 Å². The minimum Gasteiger partial charge on any atom is -0.350 e. The molecule has 0 aliphatic carbocycles. The highest BCUT2D eigenvalue weighted by Crippen LogP contribution is 2.23. The zero-order chi connectivity index (χ0) is 17.8. The molecule has 1 unspecified atom stereocenters. The Balaban J connectivity index is 1.79. The number of rotatable bonds is 7. The summed E-state index contributed by atoms with van der Waals surface area (Å²) >= 11 is 1.70. The van der Waals surface area contributed by atoms with E-state index in [1.54, 1.807) is 11.3 Å². The van der Waals surface area contributed by atoms with Crippen molar-refractivity contribution in [1.82, 2.24) is 14.8 Å². The molecule has 0 radical (unpaired) electrons. The van der Waals surface area contributed by atoms with Gasteiger partial charge < -0.3 is 9.88 Å². The van der Waals surface area contributed by atoms with Crippen molar-refractivity contribution in [1.29, 1.82) is 0 Å². The molecule has 1 aromatic carbocycles. The molecule has 1 N–H and O–H groups in total. The van der Waals surface area contributed by atoms with Crippen molar-refractivity contribution in [2.24, 2.45) is 7.05 Å². The first-order chi connectivity index (χ1) is 12.2. The van der Waals surface area contributed by atoms with Crippen LogP contribution in [0, 0.1) is 0 Å². The third kappa shape index (κ3) is 3.62. The highest BCUT2D eigenvalue weighted by molar-refractivity contribution is 7.07. The summed E-state index contributed by atoms with van der Waals surface area (Å²) in [5, 5.41) is 8.42. The van der Waals surface area contributed by atoms with E-state index in [1.165, 1.54) is 5.56 Å². The highest BCUT2D eigenvalue weighted by Gasteiger charge is 2.20. The topological polar surface area (TPSA) is 37.3 Å². The van der Waals surface area contributed by atoms with Crippen LogP contribution in [0.1, 0.15) is 35.8 Å². The summed E-state index contributed by atoms with van der Waals surface area (Å²) < 4.78 is 2.00. The number of hydrogen-bond donors (Lipinski definition) is 1. The molecule has 1 amide bonds. The number of carbonyl (C=O) groups excluding carboxylic acids is 1. The second-order valence-corrected chi connectivity index (χ2v) is 6.95. The zero-order valence-electron chi connectivity index (χ0n) is 15.0. The number of amides is 1. The molecule has 0 aliphatic heterocycles. The number of aromatic nitrogens is 1. The Bertz CT molecular complexity index is 834. The van der Waals surface area contributed by atoms with E-state index in [2.05, 4.69) is 40.9 Å². The van der Waals surface area contributed by atoms with Gasteiger partial charge in [0.15, 0.2) is 0 Å². The van der Waals surface area contributed by atoms with Gasteiger partial charge in [-0.3, -0.25) is 9.69 Å². The predicted octanol–water partition coefficient (Wildman–Crippen LogP) is 4.05. The fraction of sp³-hybridized carbons (Fsp3) is 0.350. The quantitative estimate of drug-likeness (QED) is 0.694. The van der Waals surface area contributed by atoms with Gasteiger partial charge in [0.25, 0.3) is 5.91 Å². The van der Waals surface area contributed by atoms with E-state index in [0.29, 0.717) is 6.54 Å². The molecule has 0 bridgehead atoms. The van der Waals surface area contributed by atoms with Gasteiger partial charge in [0.1, 0.15) is 0 Å². The Morgan fingerprint density at radius 2 is 2.00 bits per heavy atom. The Morgan fingerprint density at radius 3 is 2.68 bits per heavy atom. The lowest BCUT2D eigenvalue weighted by molar-refractivity contribution is 0.0936. The van der Waals surface area contributed by atoms with Gasteiger partial charge in [0.05, 0.1) is 11.6 Å². The third-order valence-electron chi connectivity index (χ3n) is 4.78. The zero-order valence-corrected chi connectivity index (χ0v) is 15.8. The number of hydrogen-bond acceptors (Lipinski definition) is 3. The number of thiophene rings is 1. The number of benzene rings is 1. The largest absolute Gasteiger partial charge is 0.350 e. The van der Waals surface area contributed by atoms with E-state index >= 15 is 0 Å². The fourth-order valence-electron chi connectivity index (χ4n) is 3.39. The van der Waals surface area contributed by atoms with Crippen LogP contribution in [0.15, 0.2) is 47.3 Å². The van der Waals surface area contributed by atoms with Gasteiger partial charge in [-0.15, -0.1) is 0 Å². The number of carbonyl (C=O) groups is 1. The molecule has 4 nitrogen and oxygen atoms in total. The minimum atomic E-state index is -0.0100. The second kappa shape index (κ2) is 7.85. The first kappa shape index (κ1) is 17.7. The number of para-hydroxylation sites is 1. The standard InChI is InChI=1S/C20H25N3OS/c1-4-23(5-2)19(15-10-11-25-14-15)12-21-20(24)17-13-22(3)18-9-7-6-8-16(17)18/h6-11,13-14,19H,4-5,12H2,1-3H3,(H,21,24). The van der Waals surface area contributed by atoms with E-state index in [1.807, 2.05) is 42.1 Å². The van der Waals surface area contributed by atoms with Crippen molar-refractivity contribution in [3.63, 3.8) is 0 Å². The Kier molecular flexibility index (Phi) is 5.56. The fourth-order valence-corrected chi connectivity index (χ4v) is 4.10. The van der Waals surface area contributed by atoms with Crippen molar-refractivity contribution in [3.8, 4) is 0 Å². The Morgan fingerprint density at radius 1 is 1.24 bits per heavy atom. The maximum Gasteiger partial charge on any atom is 0.253 e. The molecule has 2 aromatic heterocycles. The minimum absolute atomic E-state index is 0.0100. The predicted molar refractivity (Wildman–Crippen MR) is 105 cm³/mol. The summed E-state index contributed by atoms with van der Waals surface area (Å²) in [5.41, 5.74) is 3.08. The van der Waals surface area contributed by atoms with Gasteiger partial charge in [-0.05, 0) is 41.5 Å². The molecule has 3 aromatic rings. The number of fused-ring (bicyclic) bond motifs is 1. The van der Waals surface area contributed by atoms with Crippen LogP contribution >= 0.6 is 11.3 Å². The summed E-state index contributed by atoms with van der Waals surface area (Å²) in [6.45, 7) is 6.85. The van der Waals surface area contributed by atoms with Gasteiger partial charge in [-0.2, -0.15) is 11.3 Å². The summed E-state index contributed by atoms with van der Waals surface area (Å²) in [6, 6.07) is 10.4. The summed E-state index contributed by atoms with van der Waals surface area (Å²) in [7, 11) is 1.98. The summed E-state index contributed by atoms with van der Waals surface area (Å²) in [4.78, 5) is 15.2. The van der Waals surface area contributed by atoms with Gasteiger partial charge in [-0.25, -0.2) is 0 Å². The lowest BCUT2D eigenvalue weighted by Crippen LogP contribution is -2.37. The van der Waals surface area contributed by atoms with Crippen LogP contribution in [0.2, 0.25) is 0 Å². The van der Waals surface area contributed by atoms with Gasteiger partial charge >= 0.3 is 0 Å². The summed E-state index contributed by atoms with van der Waals surface area (Å²) in [5.74, 6) is -0.0100. The highest BCUT2D eigenvalue weighted by atomic mass is 32.1. The number of nitrogens with zero attached hydrogens (tertiary/aromatic N) is 2. The van der Waals surface area contributed by atoms with E-state index in [-0.39, 0.29) is 11.9 Å². The Labute approximate surface area is 153 Å². The van der Waals surface area contributed by atoms with Crippen molar-refractivity contribution in [2.75, 3.05) is 19.6 Å². The van der Waals surface area contributed by atoms with Crippen molar-refractivity contribution in [3.05, 3.63) is 58.4 Å². The van der Waals surface area contributed by atoms with Crippen LogP contribution in [0.5, 0.6) is 0 Å². The molecule has 25 heavy (non-hydrogen) atoms. The first-order valence-corrected chi connectivity index (χ1v) is 9.68. The van der Waals surface area contributed by atoms with Crippen LogP contribution in [-0.2, 0) is 7.05 Å². The maximum absolute atomic E-state index is 12.8. The molecular formula is C20H25N3OS. The number of nitrogens with one attached hydrogen (secondary N) is 1. The van der Waals surface area contributed by atoms with Crippen molar-refractivity contribution in [2.45, 2.75) is 19.9 Å². The molecule has 0 saturated carbocycles. The lowest BCUT2D eigenvalue weighted by atomic mass is 10.1. The first-order valence-electron chi connectivity index (χ1n) is 8.74. The molecule has 3 rings (SSSR count). The molecule has 1 atom stereocenters. The van der Waals surface area contributed by atoms with Crippen LogP contribution in [-0.4, -0.2) is 35.0 Å². The average Bonchev–Trinajstić information content (AvgIpc) is 3.27. The van der Waals surface area contributed by atoms with E-state index in [0.717, 1.165) is 29.6 Å². The normalized spacial score (nSPS) is 12.6. The average molecular weight is 356 g/mol. The van der Waals surface area contributed by atoms with Crippen LogP contribution in [0.3, 0.4) is 0 Å². The lowest BCUT2D eigenvalue weighted by Gasteiger charge is -2.29. The Hall–Kier alpha value is -2.11. The smallest absolute Gasteiger partial charge is 0.253 e. The molecule has 0 aliphatic rings. The summed E-state index contributed by atoms with van der Waals surface area (Å²) in [6.07, 6.45) is 1.91. The number of aryl methyl sites for hydroxylation is 1. The molecule has 2 heterocycles. The SMILES string of the molecule is CCN(CC)C(CNC(=O)c1cn(C)c2ccccc12)c1ccsc1. The molecule has 5 heteroatoms. The number of likely N-dealkylation sites (N-methyl/N-ethyl adjacent to an activating group) is 1. The molecular weight excluding hydrogens is 330 g/mol. The van der Waals surface area contributed by atoms with E-state index in [9.17, 15) is 4.79 Å². The third-order valence-corrected chi connectivity index (χ3v) is 5.48. The van der Waals surface area contributed by atoms with Gasteiger partial charge in [-0.1, -0.05) is 32.0 Å². The monoisotopic (exact) mass is 355 g/mol. The molecule has 0 saturated heterocycles. The second-order valence-electron chi connectivity index (χ2n) is 6.17. The van der Waals surface area contributed by atoms with Crippen molar-refractivity contribution >= 4 is 28.1 Å². The van der Waals surface area contributed by atoms with Gasteiger partial charge in [0, 0.05) is 30.7 Å². The van der Waals surface area contributed by atoms with E-state index < -0.39 is 0 Å². The molecule has 0 fully saturated rings. The van der Waals surface area contributed by atoms with Crippen LogP contribution in [0.25, 0.3) is 10.9 Å². The molecule has 132 valence electrons. The molecule has 0 spiro atoms. The van der Waals surface area contributed by atoms with E-state index in [4.69, 9.17) is 0 Å². The van der Waals surface area contributed by atoms with Crippen molar-refractivity contribution < 1.29 is 4.79 Å². The maximum atomic E-state index is 12.8.